The lowest BCUT2D eigenvalue weighted by Crippen LogP contribution is -2.49. The Morgan fingerprint density at radius 2 is 1.65 bits per heavy atom. The Labute approximate surface area is 222 Å². The molecule has 0 saturated heterocycles. The summed E-state index contributed by atoms with van der Waals surface area (Å²) in [5, 5.41) is 2.91. The standard InChI is InChI=1S/C28H41N3O5S/c1-6-19-29-28(33)26(7-2)30(21-23-13-11-22(4)12-14-23)27(32)10-9-20-31(37(5,34)35)24-15-17-25(18-16-24)36-8-3/h11-18,26H,6-10,19-21H2,1-5H3,(H,29,33)/t26-/m1/s1. The molecular weight excluding hydrogens is 490 g/mol. The van der Waals surface area contributed by atoms with Crippen molar-refractivity contribution in [3.8, 4) is 5.75 Å². The number of carbonyl (C=O) groups excluding carboxylic acids is 2. The third-order valence-electron chi connectivity index (χ3n) is 6.00. The first kappa shape index (κ1) is 30.2. The molecular formula is C28H41N3O5S. The molecule has 204 valence electrons. The average Bonchev–Trinajstić information content (AvgIpc) is 2.86. The molecule has 1 atom stereocenters. The van der Waals surface area contributed by atoms with Gasteiger partial charge in [0.25, 0.3) is 0 Å². The predicted octanol–water partition coefficient (Wildman–Crippen LogP) is 4.27. The first-order valence-corrected chi connectivity index (χ1v) is 14.8. The lowest BCUT2D eigenvalue weighted by molar-refractivity contribution is -0.141. The highest BCUT2D eigenvalue weighted by molar-refractivity contribution is 7.92. The van der Waals surface area contributed by atoms with Gasteiger partial charge in [-0.3, -0.25) is 13.9 Å². The van der Waals surface area contributed by atoms with Gasteiger partial charge in [-0.05, 0) is 62.9 Å². The minimum Gasteiger partial charge on any atom is -0.494 e. The molecule has 8 nitrogen and oxygen atoms in total. The third-order valence-corrected chi connectivity index (χ3v) is 7.19. The number of rotatable bonds is 15. The fraction of sp³-hybridized carbons (Fsp3) is 0.500. The first-order chi connectivity index (χ1) is 17.6. The molecule has 0 aromatic heterocycles. The van der Waals surface area contributed by atoms with E-state index in [0.29, 0.717) is 44.0 Å². The molecule has 0 heterocycles. The van der Waals surface area contributed by atoms with Crippen molar-refractivity contribution in [3.63, 3.8) is 0 Å². The smallest absolute Gasteiger partial charge is 0.242 e. The van der Waals surface area contributed by atoms with Crippen molar-refractivity contribution in [1.82, 2.24) is 10.2 Å². The molecule has 0 aliphatic carbocycles. The van der Waals surface area contributed by atoms with Crippen LogP contribution in [0, 0.1) is 6.92 Å². The molecule has 0 saturated carbocycles. The molecule has 2 aromatic rings. The maximum absolute atomic E-state index is 13.4. The van der Waals surface area contributed by atoms with E-state index in [4.69, 9.17) is 4.74 Å². The van der Waals surface area contributed by atoms with Crippen LogP contribution in [0.2, 0.25) is 0 Å². The van der Waals surface area contributed by atoms with Gasteiger partial charge < -0.3 is 15.0 Å². The van der Waals surface area contributed by atoms with Crippen molar-refractivity contribution >= 4 is 27.5 Å². The normalized spacial score (nSPS) is 12.0. The van der Waals surface area contributed by atoms with Gasteiger partial charge in [0.15, 0.2) is 0 Å². The van der Waals surface area contributed by atoms with Crippen molar-refractivity contribution < 1.29 is 22.7 Å². The lowest BCUT2D eigenvalue weighted by Gasteiger charge is -2.31. The summed E-state index contributed by atoms with van der Waals surface area (Å²) in [7, 11) is -3.56. The van der Waals surface area contributed by atoms with Crippen molar-refractivity contribution in [2.24, 2.45) is 0 Å². The van der Waals surface area contributed by atoms with Crippen molar-refractivity contribution in [2.45, 2.75) is 66.0 Å². The number of aryl methyl sites for hydroxylation is 1. The van der Waals surface area contributed by atoms with Gasteiger partial charge >= 0.3 is 0 Å². The number of benzene rings is 2. The highest BCUT2D eigenvalue weighted by atomic mass is 32.2. The van der Waals surface area contributed by atoms with Crippen LogP contribution in [0.25, 0.3) is 0 Å². The Bertz CT molecular complexity index is 1100. The van der Waals surface area contributed by atoms with Crippen LogP contribution in [0.1, 0.15) is 57.6 Å². The molecule has 0 aliphatic heterocycles. The summed E-state index contributed by atoms with van der Waals surface area (Å²) >= 11 is 0. The highest BCUT2D eigenvalue weighted by Gasteiger charge is 2.28. The molecule has 2 rings (SSSR count). The molecule has 37 heavy (non-hydrogen) atoms. The number of hydrogen-bond acceptors (Lipinski definition) is 5. The van der Waals surface area contributed by atoms with Crippen LogP contribution < -0.4 is 14.4 Å². The SMILES string of the molecule is CCCNC(=O)[C@@H](CC)N(Cc1ccc(C)cc1)C(=O)CCCN(c1ccc(OCC)cc1)S(C)(=O)=O. The zero-order valence-electron chi connectivity index (χ0n) is 22.7. The summed E-state index contributed by atoms with van der Waals surface area (Å²) < 4.78 is 31.8. The fourth-order valence-corrected chi connectivity index (χ4v) is 5.02. The zero-order chi connectivity index (χ0) is 27.4. The Balaban J connectivity index is 2.18. The quantitative estimate of drug-likeness (QED) is 0.370. The number of hydrogen-bond donors (Lipinski definition) is 1. The van der Waals surface area contributed by atoms with E-state index in [0.717, 1.165) is 23.8 Å². The number of amides is 2. The summed E-state index contributed by atoms with van der Waals surface area (Å²) in [4.78, 5) is 28.0. The molecule has 0 unspecified atom stereocenters. The van der Waals surface area contributed by atoms with E-state index in [1.807, 2.05) is 52.0 Å². The maximum atomic E-state index is 13.4. The largest absolute Gasteiger partial charge is 0.494 e. The van der Waals surface area contributed by atoms with E-state index >= 15 is 0 Å². The molecule has 1 N–H and O–H groups in total. The molecule has 0 radical (unpaired) electrons. The van der Waals surface area contributed by atoms with Gasteiger partial charge in [0.1, 0.15) is 11.8 Å². The molecule has 0 bridgehead atoms. The van der Waals surface area contributed by atoms with Crippen LogP contribution in [0.3, 0.4) is 0 Å². The van der Waals surface area contributed by atoms with E-state index in [1.54, 1.807) is 29.2 Å². The lowest BCUT2D eigenvalue weighted by atomic mass is 10.1. The monoisotopic (exact) mass is 531 g/mol. The second-order valence-electron chi connectivity index (χ2n) is 9.09. The fourth-order valence-electron chi connectivity index (χ4n) is 4.05. The van der Waals surface area contributed by atoms with Crippen LogP contribution in [-0.2, 0) is 26.2 Å². The topological polar surface area (TPSA) is 96.0 Å². The molecule has 2 amide bonds. The first-order valence-electron chi connectivity index (χ1n) is 12.9. The highest BCUT2D eigenvalue weighted by Crippen LogP contribution is 2.23. The van der Waals surface area contributed by atoms with Gasteiger partial charge in [0.05, 0.1) is 18.6 Å². The minimum atomic E-state index is -3.56. The minimum absolute atomic E-state index is 0.118. The van der Waals surface area contributed by atoms with Gasteiger partial charge in [0, 0.05) is 26.1 Å². The van der Waals surface area contributed by atoms with Gasteiger partial charge in [-0.15, -0.1) is 0 Å². The number of ether oxygens (including phenoxy) is 1. The summed E-state index contributed by atoms with van der Waals surface area (Å²) in [6.45, 7) is 9.28. The third kappa shape index (κ3) is 9.39. The van der Waals surface area contributed by atoms with Crippen molar-refractivity contribution in [2.75, 3.05) is 30.3 Å². The van der Waals surface area contributed by atoms with Crippen LogP contribution in [0.15, 0.2) is 48.5 Å². The van der Waals surface area contributed by atoms with E-state index in [9.17, 15) is 18.0 Å². The number of nitrogens with zero attached hydrogens (tertiary/aromatic N) is 2. The van der Waals surface area contributed by atoms with Crippen molar-refractivity contribution in [1.29, 1.82) is 0 Å². The Kier molecular flexibility index (Phi) is 11.9. The number of carbonyl (C=O) groups is 2. The summed E-state index contributed by atoms with van der Waals surface area (Å²) in [6, 6.07) is 14.1. The number of sulfonamides is 1. The maximum Gasteiger partial charge on any atom is 0.242 e. The molecule has 0 aliphatic rings. The molecule has 0 fully saturated rings. The van der Waals surface area contributed by atoms with Gasteiger partial charge in [-0.1, -0.05) is 43.7 Å². The van der Waals surface area contributed by atoms with E-state index in [-0.39, 0.29) is 24.8 Å². The summed E-state index contributed by atoms with van der Waals surface area (Å²) in [6.07, 6.45) is 2.87. The van der Waals surface area contributed by atoms with Crippen LogP contribution in [0.5, 0.6) is 5.75 Å². The Morgan fingerprint density at radius 3 is 2.19 bits per heavy atom. The molecule has 2 aromatic carbocycles. The Hall–Kier alpha value is -3.07. The van der Waals surface area contributed by atoms with E-state index in [1.165, 1.54) is 4.31 Å². The van der Waals surface area contributed by atoms with Gasteiger partial charge in [0.2, 0.25) is 21.8 Å². The predicted molar refractivity (Wildman–Crippen MR) is 148 cm³/mol. The van der Waals surface area contributed by atoms with E-state index < -0.39 is 16.1 Å². The van der Waals surface area contributed by atoms with Crippen LogP contribution >= 0.6 is 0 Å². The number of anilines is 1. The van der Waals surface area contributed by atoms with Crippen molar-refractivity contribution in [3.05, 3.63) is 59.7 Å². The van der Waals surface area contributed by atoms with E-state index in [2.05, 4.69) is 5.32 Å². The molecule has 9 heteroatoms. The molecule has 0 spiro atoms. The number of nitrogens with one attached hydrogen (secondary N) is 1. The summed E-state index contributed by atoms with van der Waals surface area (Å²) in [5.74, 6) is 0.310. The Morgan fingerprint density at radius 1 is 1.00 bits per heavy atom. The zero-order valence-corrected chi connectivity index (χ0v) is 23.5. The van der Waals surface area contributed by atoms with Crippen LogP contribution in [-0.4, -0.2) is 57.1 Å². The van der Waals surface area contributed by atoms with Crippen LogP contribution in [0.4, 0.5) is 5.69 Å². The average molecular weight is 532 g/mol. The summed E-state index contributed by atoms with van der Waals surface area (Å²) in [5.41, 5.74) is 2.57. The second kappa shape index (κ2) is 14.6. The van der Waals surface area contributed by atoms with Gasteiger partial charge in [-0.2, -0.15) is 0 Å². The second-order valence-corrected chi connectivity index (χ2v) is 11.0. The van der Waals surface area contributed by atoms with Gasteiger partial charge in [-0.25, -0.2) is 8.42 Å².